The van der Waals surface area contributed by atoms with Crippen LogP contribution in [0.15, 0.2) is 5.38 Å². The van der Waals surface area contributed by atoms with E-state index in [2.05, 4.69) is 18.8 Å². The van der Waals surface area contributed by atoms with E-state index < -0.39 is 0 Å². The summed E-state index contributed by atoms with van der Waals surface area (Å²) in [6.07, 6.45) is 4.87. The van der Waals surface area contributed by atoms with Gasteiger partial charge in [-0.2, -0.15) is 0 Å². The van der Waals surface area contributed by atoms with E-state index in [4.69, 9.17) is 11.6 Å². The number of hydrogen-bond acceptors (Lipinski definition) is 3. The molecule has 0 aromatic carbocycles. The lowest BCUT2D eigenvalue weighted by Crippen LogP contribution is -2.20. The van der Waals surface area contributed by atoms with E-state index >= 15 is 0 Å². The molecular weight excluding hydrogens is 254 g/mol. The van der Waals surface area contributed by atoms with Crippen LogP contribution in [0.2, 0.25) is 0 Å². The second-order valence-electron chi connectivity index (χ2n) is 5.57. The number of hydrogen-bond donors (Lipinski definition) is 0. The molecule has 2 rings (SSSR count). The molecule has 4 heteroatoms. The Balaban J connectivity index is 2.04. The maximum Gasteiger partial charge on any atom is 0.196 e. The SMILES string of the molecule is CC1(C)CCC(c2nc(C(=O)CCl)cs2)CC1. The van der Waals surface area contributed by atoms with E-state index in [-0.39, 0.29) is 11.7 Å². The van der Waals surface area contributed by atoms with E-state index in [1.807, 2.05) is 5.38 Å². The first kappa shape index (κ1) is 13.0. The molecule has 1 aromatic rings. The summed E-state index contributed by atoms with van der Waals surface area (Å²) in [6, 6.07) is 0. The molecule has 17 heavy (non-hydrogen) atoms. The molecule has 94 valence electrons. The van der Waals surface area contributed by atoms with Gasteiger partial charge in [0.15, 0.2) is 5.78 Å². The highest BCUT2D eigenvalue weighted by molar-refractivity contribution is 7.10. The zero-order valence-corrected chi connectivity index (χ0v) is 11.9. The highest BCUT2D eigenvalue weighted by Crippen LogP contribution is 2.42. The van der Waals surface area contributed by atoms with Gasteiger partial charge in [-0.15, -0.1) is 22.9 Å². The zero-order chi connectivity index (χ0) is 12.5. The Morgan fingerprint density at radius 2 is 2.18 bits per heavy atom. The van der Waals surface area contributed by atoms with Gasteiger partial charge >= 0.3 is 0 Å². The molecule has 0 radical (unpaired) electrons. The van der Waals surface area contributed by atoms with E-state index in [1.54, 1.807) is 11.3 Å². The van der Waals surface area contributed by atoms with Crippen molar-refractivity contribution in [3.8, 4) is 0 Å². The molecule has 0 atom stereocenters. The summed E-state index contributed by atoms with van der Waals surface area (Å²) in [7, 11) is 0. The molecule has 1 aliphatic rings. The Labute approximate surface area is 111 Å². The second-order valence-corrected chi connectivity index (χ2v) is 6.72. The van der Waals surface area contributed by atoms with E-state index in [0.717, 1.165) is 5.01 Å². The minimum atomic E-state index is -0.0645. The third-order valence-corrected chi connectivity index (χ3v) is 4.87. The summed E-state index contributed by atoms with van der Waals surface area (Å²) < 4.78 is 0. The number of rotatable bonds is 3. The summed E-state index contributed by atoms with van der Waals surface area (Å²) in [4.78, 5) is 15.9. The number of ketones is 1. The fourth-order valence-electron chi connectivity index (χ4n) is 2.32. The third kappa shape index (κ3) is 3.08. The number of Topliss-reactive ketones (excluding diaryl/α,β-unsaturated/α-hetero) is 1. The lowest BCUT2D eigenvalue weighted by atomic mass is 9.73. The lowest BCUT2D eigenvalue weighted by molar-refractivity contribution is 0.101. The minimum Gasteiger partial charge on any atom is -0.291 e. The fraction of sp³-hybridized carbons (Fsp3) is 0.692. The first-order valence-electron chi connectivity index (χ1n) is 6.06. The fourth-order valence-corrected chi connectivity index (χ4v) is 3.45. The number of alkyl halides is 1. The Morgan fingerprint density at radius 3 is 2.76 bits per heavy atom. The Bertz CT molecular complexity index is 403. The van der Waals surface area contributed by atoms with Gasteiger partial charge in [-0.1, -0.05) is 13.8 Å². The van der Waals surface area contributed by atoms with Gasteiger partial charge < -0.3 is 0 Å². The smallest absolute Gasteiger partial charge is 0.196 e. The maximum absolute atomic E-state index is 11.4. The van der Waals surface area contributed by atoms with Crippen LogP contribution >= 0.6 is 22.9 Å². The summed E-state index contributed by atoms with van der Waals surface area (Å²) in [5.41, 5.74) is 1.02. The normalized spacial score (nSPS) is 20.4. The summed E-state index contributed by atoms with van der Waals surface area (Å²) in [5.74, 6) is 0.510. The van der Waals surface area contributed by atoms with Gasteiger partial charge in [0.2, 0.25) is 0 Å². The number of carbonyl (C=O) groups excluding carboxylic acids is 1. The first-order chi connectivity index (χ1) is 8.02. The molecule has 1 saturated carbocycles. The molecule has 2 nitrogen and oxygen atoms in total. The van der Waals surface area contributed by atoms with Crippen LogP contribution in [0.4, 0.5) is 0 Å². The maximum atomic E-state index is 11.4. The minimum absolute atomic E-state index is 0.0286. The van der Waals surface area contributed by atoms with Crippen molar-refractivity contribution >= 4 is 28.7 Å². The van der Waals surface area contributed by atoms with E-state index in [0.29, 0.717) is 17.0 Å². The van der Waals surface area contributed by atoms with Gasteiger partial charge in [-0.3, -0.25) is 4.79 Å². The Morgan fingerprint density at radius 1 is 1.53 bits per heavy atom. The van der Waals surface area contributed by atoms with Crippen molar-refractivity contribution in [3.63, 3.8) is 0 Å². The van der Waals surface area contributed by atoms with Crippen molar-refractivity contribution in [2.45, 2.75) is 45.4 Å². The van der Waals surface area contributed by atoms with Crippen molar-refractivity contribution in [1.82, 2.24) is 4.98 Å². The molecule has 0 N–H and O–H groups in total. The number of aromatic nitrogens is 1. The van der Waals surface area contributed by atoms with E-state index in [1.165, 1.54) is 25.7 Å². The predicted molar refractivity (Wildman–Crippen MR) is 72.2 cm³/mol. The third-order valence-electron chi connectivity index (χ3n) is 3.62. The van der Waals surface area contributed by atoms with Crippen LogP contribution in [0.1, 0.15) is 60.9 Å². The second kappa shape index (κ2) is 5.07. The largest absolute Gasteiger partial charge is 0.291 e. The molecule has 0 bridgehead atoms. The number of thiazole rings is 1. The van der Waals surface area contributed by atoms with Gasteiger partial charge in [-0.25, -0.2) is 4.98 Å². The molecular formula is C13H18ClNOS. The van der Waals surface area contributed by atoms with Crippen molar-refractivity contribution in [1.29, 1.82) is 0 Å². The van der Waals surface area contributed by atoms with Crippen LogP contribution in [0.25, 0.3) is 0 Å². The Kier molecular flexibility index (Phi) is 3.88. The van der Waals surface area contributed by atoms with Gasteiger partial charge in [0.05, 0.1) is 10.9 Å². The molecule has 1 fully saturated rings. The first-order valence-corrected chi connectivity index (χ1v) is 7.48. The van der Waals surface area contributed by atoms with Gasteiger partial charge in [0.25, 0.3) is 0 Å². The molecule has 0 saturated heterocycles. The van der Waals surface area contributed by atoms with Crippen molar-refractivity contribution in [3.05, 3.63) is 16.1 Å². The monoisotopic (exact) mass is 271 g/mol. The zero-order valence-electron chi connectivity index (χ0n) is 10.3. The highest BCUT2D eigenvalue weighted by atomic mass is 35.5. The standard InChI is InChI=1S/C13H18ClNOS/c1-13(2)5-3-9(4-6-13)12-15-10(8-17-12)11(16)7-14/h8-9H,3-7H2,1-2H3. The molecule has 0 unspecified atom stereocenters. The van der Waals surface area contributed by atoms with Crippen molar-refractivity contribution < 1.29 is 4.79 Å². The highest BCUT2D eigenvalue weighted by Gasteiger charge is 2.29. The quantitative estimate of drug-likeness (QED) is 0.608. The van der Waals surface area contributed by atoms with Crippen LogP contribution in [0, 0.1) is 5.41 Å². The molecule has 1 aliphatic carbocycles. The molecule has 1 heterocycles. The van der Waals surface area contributed by atoms with Crippen LogP contribution in [0.5, 0.6) is 0 Å². The van der Waals surface area contributed by atoms with Gasteiger partial charge in [0.1, 0.15) is 5.69 Å². The average Bonchev–Trinajstić information content (AvgIpc) is 2.77. The summed E-state index contributed by atoms with van der Waals surface area (Å²) in [6.45, 7) is 4.65. The Hall–Kier alpha value is -0.410. The topological polar surface area (TPSA) is 30.0 Å². The predicted octanol–water partition coefficient (Wildman–Crippen LogP) is 4.25. The summed E-state index contributed by atoms with van der Waals surface area (Å²) >= 11 is 7.14. The summed E-state index contributed by atoms with van der Waals surface area (Å²) in [5, 5.41) is 2.97. The van der Waals surface area contributed by atoms with Crippen LogP contribution in [-0.4, -0.2) is 16.6 Å². The van der Waals surface area contributed by atoms with Crippen LogP contribution in [-0.2, 0) is 0 Å². The number of halogens is 1. The van der Waals surface area contributed by atoms with Crippen LogP contribution < -0.4 is 0 Å². The van der Waals surface area contributed by atoms with Crippen LogP contribution in [0.3, 0.4) is 0 Å². The molecule has 1 aromatic heterocycles. The molecule has 0 aliphatic heterocycles. The van der Waals surface area contributed by atoms with Gasteiger partial charge in [0, 0.05) is 11.3 Å². The molecule has 0 amide bonds. The lowest BCUT2D eigenvalue weighted by Gasteiger charge is -2.33. The number of carbonyl (C=O) groups is 1. The van der Waals surface area contributed by atoms with Gasteiger partial charge in [-0.05, 0) is 31.1 Å². The average molecular weight is 272 g/mol. The molecule has 0 spiro atoms. The van der Waals surface area contributed by atoms with Crippen molar-refractivity contribution in [2.75, 3.05) is 5.88 Å². The van der Waals surface area contributed by atoms with Crippen molar-refractivity contribution in [2.24, 2.45) is 5.41 Å². The number of nitrogens with zero attached hydrogens (tertiary/aromatic N) is 1. The van der Waals surface area contributed by atoms with E-state index in [9.17, 15) is 4.79 Å².